The van der Waals surface area contributed by atoms with E-state index < -0.39 is 5.91 Å². The predicted octanol–water partition coefficient (Wildman–Crippen LogP) is 4.20. The number of nitrogens with two attached hydrogens (primary N) is 1. The van der Waals surface area contributed by atoms with E-state index in [0.717, 1.165) is 21.8 Å². The Morgan fingerprint density at radius 2 is 2.00 bits per heavy atom. The Bertz CT molecular complexity index is 996. The predicted molar refractivity (Wildman–Crippen MR) is 112 cm³/mol. The topological polar surface area (TPSA) is 89.7 Å². The quantitative estimate of drug-likeness (QED) is 0.625. The molecule has 1 heterocycles. The van der Waals surface area contributed by atoms with Crippen molar-refractivity contribution in [1.82, 2.24) is 4.90 Å². The molecule has 1 saturated heterocycles. The first-order valence-corrected chi connectivity index (χ1v) is 10.0. The summed E-state index contributed by atoms with van der Waals surface area (Å²) in [7, 11) is 0. The van der Waals surface area contributed by atoms with Gasteiger partial charge in [0.2, 0.25) is 0 Å². The number of halogens is 2. The van der Waals surface area contributed by atoms with Crippen LogP contribution in [-0.4, -0.2) is 28.6 Å². The summed E-state index contributed by atoms with van der Waals surface area (Å²) in [6.45, 7) is -0.100. The van der Waals surface area contributed by atoms with Gasteiger partial charge in [-0.15, -0.1) is 0 Å². The summed E-state index contributed by atoms with van der Waals surface area (Å²) in [5.74, 6) is -0.672. The van der Waals surface area contributed by atoms with Crippen molar-refractivity contribution in [3.63, 3.8) is 0 Å². The number of carbonyl (C=O) groups is 3. The molecule has 3 rings (SSSR count). The maximum Gasteiger partial charge on any atom is 0.293 e. The molecule has 9 heteroatoms. The number of ether oxygens (including phenoxy) is 1. The van der Waals surface area contributed by atoms with Gasteiger partial charge in [0.1, 0.15) is 5.75 Å². The molecule has 2 N–H and O–H groups in total. The summed E-state index contributed by atoms with van der Waals surface area (Å²) in [5.41, 5.74) is 6.50. The fourth-order valence-corrected chi connectivity index (χ4v) is 3.95. The standard InChI is InChI=1S/C19H14BrClN2O4S/c20-13-4-2-1-3-12(13)9-23-18(25)16(28-19(23)26)8-11-5-6-15(14(21)7-11)27-10-17(22)24/h1-8H,9-10H2,(H2,22,24)/b16-8-. The number of rotatable bonds is 6. The van der Waals surface area contributed by atoms with Crippen LogP contribution >= 0.6 is 39.3 Å². The molecular formula is C19H14BrClN2O4S. The van der Waals surface area contributed by atoms with Crippen molar-refractivity contribution in [1.29, 1.82) is 0 Å². The highest BCUT2D eigenvalue weighted by Gasteiger charge is 2.35. The number of benzene rings is 2. The van der Waals surface area contributed by atoms with Crippen LogP contribution in [0.15, 0.2) is 51.8 Å². The monoisotopic (exact) mass is 480 g/mol. The molecule has 0 atom stereocenters. The first kappa shape index (κ1) is 20.4. The number of imide groups is 1. The molecule has 0 unspecified atom stereocenters. The van der Waals surface area contributed by atoms with E-state index in [9.17, 15) is 14.4 Å². The van der Waals surface area contributed by atoms with E-state index in [1.807, 2.05) is 24.3 Å². The van der Waals surface area contributed by atoms with E-state index in [4.69, 9.17) is 22.1 Å². The highest BCUT2D eigenvalue weighted by molar-refractivity contribution is 9.10. The molecule has 2 aromatic rings. The molecule has 6 nitrogen and oxygen atoms in total. The smallest absolute Gasteiger partial charge is 0.293 e. The lowest BCUT2D eigenvalue weighted by Gasteiger charge is -2.13. The Kier molecular flexibility index (Phi) is 6.43. The van der Waals surface area contributed by atoms with Crippen LogP contribution in [0.1, 0.15) is 11.1 Å². The number of carbonyl (C=O) groups excluding carboxylic acids is 3. The van der Waals surface area contributed by atoms with Crippen LogP contribution in [0.4, 0.5) is 4.79 Å². The Morgan fingerprint density at radius 1 is 1.25 bits per heavy atom. The summed E-state index contributed by atoms with van der Waals surface area (Å²) in [6, 6.07) is 12.2. The lowest BCUT2D eigenvalue weighted by atomic mass is 10.2. The van der Waals surface area contributed by atoms with Crippen LogP contribution in [0.3, 0.4) is 0 Å². The summed E-state index contributed by atoms with van der Waals surface area (Å²) in [6.07, 6.45) is 1.59. The zero-order chi connectivity index (χ0) is 20.3. The fourth-order valence-electron chi connectivity index (χ4n) is 2.46. The van der Waals surface area contributed by atoms with Gasteiger partial charge in [0, 0.05) is 4.47 Å². The minimum absolute atomic E-state index is 0.185. The average Bonchev–Trinajstić information content (AvgIpc) is 2.90. The van der Waals surface area contributed by atoms with E-state index in [1.165, 1.54) is 4.90 Å². The summed E-state index contributed by atoms with van der Waals surface area (Å²) in [4.78, 5) is 37.2. The third-order valence-electron chi connectivity index (χ3n) is 3.78. The third kappa shape index (κ3) is 4.76. The molecule has 0 spiro atoms. The maximum atomic E-state index is 12.7. The van der Waals surface area contributed by atoms with Crippen LogP contribution in [0.25, 0.3) is 6.08 Å². The second kappa shape index (κ2) is 8.81. The zero-order valence-corrected chi connectivity index (χ0v) is 17.5. The maximum absolute atomic E-state index is 12.7. The number of amides is 3. The molecule has 0 aliphatic carbocycles. The van der Waals surface area contributed by atoms with Gasteiger partial charge in [-0.1, -0.05) is 51.8 Å². The Morgan fingerprint density at radius 3 is 2.68 bits per heavy atom. The first-order chi connectivity index (χ1) is 13.3. The summed E-state index contributed by atoms with van der Waals surface area (Å²) in [5, 5.41) is -0.0676. The van der Waals surface area contributed by atoms with Crippen molar-refractivity contribution >= 4 is 62.4 Å². The highest BCUT2D eigenvalue weighted by Crippen LogP contribution is 2.35. The van der Waals surface area contributed by atoms with Crippen molar-refractivity contribution in [2.75, 3.05) is 6.61 Å². The highest BCUT2D eigenvalue weighted by atomic mass is 79.9. The van der Waals surface area contributed by atoms with Gasteiger partial charge in [-0.3, -0.25) is 19.3 Å². The molecule has 144 valence electrons. The normalized spacial score (nSPS) is 15.4. The molecular weight excluding hydrogens is 468 g/mol. The largest absolute Gasteiger partial charge is 0.482 e. The zero-order valence-electron chi connectivity index (χ0n) is 14.4. The van der Waals surface area contributed by atoms with Gasteiger partial charge in [0.15, 0.2) is 6.61 Å². The van der Waals surface area contributed by atoms with E-state index in [0.29, 0.717) is 16.2 Å². The molecule has 3 amide bonds. The van der Waals surface area contributed by atoms with Gasteiger partial charge >= 0.3 is 0 Å². The van der Waals surface area contributed by atoms with Crippen LogP contribution < -0.4 is 10.5 Å². The molecule has 1 fully saturated rings. The van der Waals surface area contributed by atoms with E-state index in [2.05, 4.69) is 15.9 Å². The number of primary amides is 1. The molecule has 0 radical (unpaired) electrons. The van der Waals surface area contributed by atoms with Gasteiger partial charge in [0.05, 0.1) is 16.5 Å². The van der Waals surface area contributed by atoms with Crippen LogP contribution in [0, 0.1) is 0 Å². The number of thioether (sulfide) groups is 1. The van der Waals surface area contributed by atoms with Crippen LogP contribution in [-0.2, 0) is 16.1 Å². The molecule has 1 aliphatic rings. The van der Waals surface area contributed by atoms with Crippen molar-refractivity contribution < 1.29 is 19.1 Å². The molecule has 0 saturated carbocycles. The van der Waals surface area contributed by atoms with Crippen molar-refractivity contribution in [2.45, 2.75) is 6.54 Å². The average molecular weight is 482 g/mol. The number of hydrogen-bond acceptors (Lipinski definition) is 5. The summed E-state index contributed by atoms with van der Waals surface area (Å²) < 4.78 is 6.02. The Balaban J connectivity index is 1.77. The van der Waals surface area contributed by atoms with E-state index in [1.54, 1.807) is 24.3 Å². The Labute approximate surface area is 178 Å². The minimum Gasteiger partial charge on any atom is -0.482 e. The molecule has 0 bridgehead atoms. The van der Waals surface area contributed by atoms with Gasteiger partial charge in [-0.05, 0) is 47.2 Å². The van der Waals surface area contributed by atoms with Gasteiger partial charge in [-0.2, -0.15) is 0 Å². The van der Waals surface area contributed by atoms with Gasteiger partial charge in [-0.25, -0.2) is 0 Å². The minimum atomic E-state index is -0.612. The van der Waals surface area contributed by atoms with Crippen LogP contribution in [0.2, 0.25) is 5.02 Å². The van der Waals surface area contributed by atoms with Crippen molar-refractivity contribution in [3.8, 4) is 5.75 Å². The second-order valence-electron chi connectivity index (χ2n) is 5.80. The molecule has 0 aromatic heterocycles. The van der Waals surface area contributed by atoms with E-state index in [-0.39, 0.29) is 29.3 Å². The third-order valence-corrected chi connectivity index (χ3v) is 5.76. The second-order valence-corrected chi connectivity index (χ2v) is 8.06. The lowest BCUT2D eigenvalue weighted by Crippen LogP contribution is -2.27. The SMILES string of the molecule is NC(=O)COc1ccc(/C=C2\SC(=O)N(Cc3ccccc3Br)C2=O)cc1Cl. The molecule has 1 aliphatic heterocycles. The fraction of sp³-hybridized carbons (Fsp3) is 0.105. The van der Waals surface area contributed by atoms with Gasteiger partial charge in [0.25, 0.3) is 17.1 Å². The molecule has 2 aromatic carbocycles. The lowest BCUT2D eigenvalue weighted by molar-refractivity contribution is -0.123. The first-order valence-electron chi connectivity index (χ1n) is 8.04. The Hall–Kier alpha value is -2.29. The number of hydrogen-bond donors (Lipinski definition) is 1. The van der Waals surface area contributed by atoms with Crippen LogP contribution in [0.5, 0.6) is 5.75 Å². The van der Waals surface area contributed by atoms with Gasteiger partial charge < -0.3 is 10.5 Å². The molecule has 28 heavy (non-hydrogen) atoms. The number of nitrogens with zero attached hydrogens (tertiary/aromatic N) is 1. The van der Waals surface area contributed by atoms with E-state index >= 15 is 0 Å². The van der Waals surface area contributed by atoms with Crippen molar-refractivity contribution in [2.24, 2.45) is 5.73 Å². The summed E-state index contributed by atoms with van der Waals surface area (Å²) >= 11 is 10.4. The van der Waals surface area contributed by atoms with Crippen molar-refractivity contribution in [3.05, 3.63) is 68.0 Å².